The molecule has 228 valence electrons. The molecule has 0 saturated carbocycles. The van der Waals surface area contributed by atoms with Crippen LogP contribution in [0.25, 0.3) is 65.8 Å². The first-order valence-electron chi connectivity index (χ1n) is 16.1. The molecule has 0 bridgehead atoms. The summed E-state index contributed by atoms with van der Waals surface area (Å²) in [5.74, 6) is 0.767. The lowest BCUT2D eigenvalue weighted by molar-refractivity contribution is 0.409. The number of benzene rings is 6. The van der Waals surface area contributed by atoms with E-state index >= 15 is 0 Å². The van der Waals surface area contributed by atoms with Gasteiger partial charge in [-0.1, -0.05) is 109 Å². The van der Waals surface area contributed by atoms with Crippen molar-refractivity contribution in [3.63, 3.8) is 0 Å². The average Bonchev–Trinajstić information content (AvgIpc) is 3.74. The Bertz CT molecular complexity index is 2690. The number of aromatic nitrogens is 1. The van der Waals surface area contributed by atoms with E-state index in [4.69, 9.17) is 13.8 Å². The molecule has 6 heteroatoms. The summed E-state index contributed by atoms with van der Waals surface area (Å²) in [5, 5.41) is 13.8. The zero-order chi connectivity index (χ0) is 31.6. The molecule has 10 rings (SSSR count). The highest BCUT2D eigenvalue weighted by molar-refractivity contribution is 6.21. The smallest absolute Gasteiger partial charge is 0.154 e. The summed E-state index contributed by atoms with van der Waals surface area (Å²) >= 11 is 0. The highest BCUT2D eigenvalue weighted by atomic mass is 16.3. The molecule has 2 N–H and O–H groups in total. The van der Waals surface area contributed by atoms with Crippen LogP contribution in [-0.4, -0.2) is 10.8 Å². The van der Waals surface area contributed by atoms with Gasteiger partial charge in [0.1, 0.15) is 34.9 Å². The standard InChI is InChI=1S/C42H28N4O2/c1-3-11-26(12-4-1)40-44-41(27-13-5-2-6-14-27)46-42(45-40)33-23-43-24-36-38(33)31-20-19-28(22-35(31)47-36)29-16-9-17-34-37(29)32-21-18-25-10-7-8-15-30(25)39(32)48-34/h1-24,40-41,44H,(H,45,46). The number of nitrogens with one attached hydrogen (secondary N) is 2. The Morgan fingerprint density at radius 3 is 2.19 bits per heavy atom. The summed E-state index contributed by atoms with van der Waals surface area (Å²) in [7, 11) is 0. The summed E-state index contributed by atoms with van der Waals surface area (Å²) < 4.78 is 13.0. The van der Waals surface area contributed by atoms with Crippen LogP contribution in [0.1, 0.15) is 29.0 Å². The lowest BCUT2D eigenvalue weighted by Gasteiger charge is -2.32. The number of fused-ring (bicyclic) bond motifs is 8. The molecule has 9 aromatic rings. The molecule has 0 spiro atoms. The van der Waals surface area contributed by atoms with Gasteiger partial charge < -0.3 is 14.2 Å². The van der Waals surface area contributed by atoms with Gasteiger partial charge in [0.15, 0.2) is 5.58 Å². The summed E-state index contributed by atoms with van der Waals surface area (Å²) in [6.45, 7) is 0. The van der Waals surface area contributed by atoms with Crippen LogP contribution >= 0.6 is 0 Å². The van der Waals surface area contributed by atoms with Gasteiger partial charge in [0.2, 0.25) is 0 Å². The van der Waals surface area contributed by atoms with Crippen molar-refractivity contribution >= 4 is 60.5 Å². The van der Waals surface area contributed by atoms with Crippen LogP contribution in [0.4, 0.5) is 0 Å². The molecule has 6 nitrogen and oxygen atoms in total. The number of hydrogen-bond acceptors (Lipinski definition) is 6. The third-order valence-corrected chi connectivity index (χ3v) is 9.45. The van der Waals surface area contributed by atoms with Gasteiger partial charge >= 0.3 is 0 Å². The van der Waals surface area contributed by atoms with Crippen LogP contribution in [0.2, 0.25) is 0 Å². The van der Waals surface area contributed by atoms with Gasteiger partial charge in [-0.25, -0.2) is 4.99 Å². The zero-order valence-corrected chi connectivity index (χ0v) is 25.7. The van der Waals surface area contributed by atoms with Crippen molar-refractivity contribution in [2.24, 2.45) is 4.99 Å². The van der Waals surface area contributed by atoms with Crippen molar-refractivity contribution in [2.75, 3.05) is 0 Å². The molecule has 6 aromatic carbocycles. The minimum absolute atomic E-state index is 0.147. The molecule has 48 heavy (non-hydrogen) atoms. The predicted molar refractivity (Wildman–Crippen MR) is 193 cm³/mol. The normalized spacial score (nSPS) is 16.5. The minimum Gasteiger partial charge on any atom is -0.455 e. The number of hydrogen-bond donors (Lipinski definition) is 2. The van der Waals surface area contributed by atoms with Crippen LogP contribution in [0, 0.1) is 0 Å². The molecule has 0 fully saturated rings. The molecule has 0 aliphatic carbocycles. The second-order valence-electron chi connectivity index (χ2n) is 12.3. The summed E-state index contributed by atoms with van der Waals surface area (Å²) in [6.07, 6.45) is 3.29. The van der Waals surface area contributed by atoms with Gasteiger partial charge in [-0.3, -0.25) is 10.3 Å². The van der Waals surface area contributed by atoms with E-state index < -0.39 is 0 Å². The lowest BCUT2D eigenvalue weighted by atomic mass is 9.97. The van der Waals surface area contributed by atoms with E-state index in [1.54, 1.807) is 6.20 Å². The highest BCUT2D eigenvalue weighted by Crippen LogP contribution is 2.41. The third kappa shape index (κ3) is 4.24. The maximum absolute atomic E-state index is 6.52. The quantitative estimate of drug-likeness (QED) is 0.205. The summed E-state index contributed by atoms with van der Waals surface area (Å²) in [6, 6.07) is 46.1. The number of rotatable bonds is 4. The SMILES string of the molecule is c1ccc(C2N=C(c3cncc4oc5cc(-c6cccc7oc8c9ccccc9ccc8c67)ccc5c34)NC(c3ccccc3)N2)cc1. The van der Waals surface area contributed by atoms with E-state index in [1.807, 2.05) is 36.5 Å². The van der Waals surface area contributed by atoms with Gasteiger partial charge in [0.25, 0.3) is 0 Å². The zero-order valence-electron chi connectivity index (χ0n) is 25.7. The molecule has 0 amide bonds. The number of nitrogens with zero attached hydrogens (tertiary/aromatic N) is 2. The van der Waals surface area contributed by atoms with Crippen molar-refractivity contribution in [3.05, 3.63) is 163 Å². The fourth-order valence-electron chi connectivity index (χ4n) is 7.19. The van der Waals surface area contributed by atoms with Crippen molar-refractivity contribution in [2.45, 2.75) is 12.3 Å². The second kappa shape index (κ2) is 10.7. The summed E-state index contributed by atoms with van der Waals surface area (Å²) in [4.78, 5) is 9.79. The van der Waals surface area contributed by atoms with E-state index in [1.165, 1.54) is 0 Å². The van der Waals surface area contributed by atoms with E-state index in [0.29, 0.717) is 5.58 Å². The third-order valence-electron chi connectivity index (χ3n) is 9.45. The largest absolute Gasteiger partial charge is 0.455 e. The first-order valence-corrected chi connectivity index (χ1v) is 16.1. The van der Waals surface area contributed by atoms with Gasteiger partial charge in [0, 0.05) is 38.7 Å². The minimum atomic E-state index is -0.241. The Balaban J connectivity index is 1.12. The maximum atomic E-state index is 6.52. The lowest BCUT2D eigenvalue weighted by Crippen LogP contribution is -2.45. The molecular weight excluding hydrogens is 592 g/mol. The van der Waals surface area contributed by atoms with E-state index in [-0.39, 0.29) is 12.3 Å². The molecule has 2 unspecified atom stereocenters. The van der Waals surface area contributed by atoms with Gasteiger partial charge in [-0.2, -0.15) is 0 Å². The molecule has 0 saturated heterocycles. The Labute approximate surface area is 275 Å². The number of aliphatic imine (C=N–C) groups is 1. The Kier molecular flexibility index (Phi) is 5.98. The topological polar surface area (TPSA) is 75.6 Å². The fourth-order valence-corrected chi connectivity index (χ4v) is 7.19. The molecule has 1 aliphatic heterocycles. The highest BCUT2D eigenvalue weighted by Gasteiger charge is 2.27. The van der Waals surface area contributed by atoms with E-state index in [0.717, 1.165) is 82.7 Å². The first-order chi connectivity index (χ1) is 23.8. The van der Waals surface area contributed by atoms with Gasteiger partial charge in [-0.15, -0.1) is 0 Å². The van der Waals surface area contributed by atoms with Crippen LogP contribution < -0.4 is 10.6 Å². The Morgan fingerprint density at radius 2 is 1.31 bits per heavy atom. The predicted octanol–water partition coefficient (Wildman–Crippen LogP) is 10.0. The molecule has 1 aliphatic rings. The molecule has 3 aromatic heterocycles. The average molecular weight is 621 g/mol. The van der Waals surface area contributed by atoms with Crippen LogP contribution in [0.15, 0.2) is 160 Å². The van der Waals surface area contributed by atoms with E-state index in [9.17, 15) is 0 Å². The van der Waals surface area contributed by atoms with Crippen molar-refractivity contribution in [1.29, 1.82) is 0 Å². The number of pyridine rings is 1. The van der Waals surface area contributed by atoms with Crippen LogP contribution in [-0.2, 0) is 0 Å². The van der Waals surface area contributed by atoms with Crippen molar-refractivity contribution in [1.82, 2.24) is 15.6 Å². The maximum Gasteiger partial charge on any atom is 0.154 e. The molecular formula is C42H28N4O2. The molecule has 0 radical (unpaired) electrons. The first kappa shape index (κ1) is 26.9. The van der Waals surface area contributed by atoms with Crippen LogP contribution in [0.3, 0.4) is 0 Å². The van der Waals surface area contributed by atoms with Gasteiger partial charge in [0.05, 0.1) is 6.20 Å². The fraction of sp³-hybridized carbons (Fsp3) is 0.0476. The molecule has 4 heterocycles. The number of furan rings is 2. The monoisotopic (exact) mass is 620 g/mol. The molecule has 2 atom stereocenters. The Hall–Kier alpha value is -6.24. The Morgan fingerprint density at radius 1 is 0.542 bits per heavy atom. The van der Waals surface area contributed by atoms with Crippen molar-refractivity contribution < 1.29 is 8.83 Å². The number of amidine groups is 1. The van der Waals surface area contributed by atoms with Gasteiger partial charge in [-0.05, 0) is 51.9 Å². The summed E-state index contributed by atoms with van der Waals surface area (Å²) in [5.41, 5.74) is 8.56. The van der Waals surface area contributed by atoms with Crippen molar-refractivity contribution in [3.8, 4) is 11.1 Å². The second-order valence-corrected chi connectivity index (χ2v) is 12.3. The van der Waals surface area contributed by atoms with Crippen LogP contribution in [0.5, 0.6) is 0 Å². The van der Waals surface area contributed by atoms with E-state index in [2.05, 4.69) is 119 Å².